The molecule has 92 valence electrons. The predicted octanol–water partition coefficient (Wildman–Crippen LogP) is 1.86. The van der Waals surface area contributed by atoms with Crippen LogP contribution in [0.2, 0.25) is 0 Å². The minimum atomic E-state index is 0.0366. The summed E-state index contributed by atoms with van der Waals surface area (Å²) in [4.78, 5) is 10.8. The molecule has 1 unspecified atom stereocenters. The third-order valence-electron chi connectivity index (χ3n) is 3.12. The Kier molecular flexibility index (Phi) is 4.15. The Morgan fingerprint density at radius 2 is 2.00 bits per heavy atom. The summed E-state index contributed by atoms with van der Waals surface area (Å²) in [5.74, 6) is 0.809. The molecule has 2 N–H and O–H groups in total. The molecule has 0 radical (unpaired) electrons. The normalized spacial score (nSPS) is 16.5. The van der Waals surface area contributed by atoms with Crippen molar-refractivity contribution >= 4 is 5.91 Å². The van der Waals surface area contributed by atoms with Gasteiger partial charge in [-0.2, -0.15) is 0 Å². The molecule has 1 fully saturated rings. The Hall–Kier alpha value is -1.35. The van der Waals surface area contributed by atoms with Crippen LogP contribution in [0.4, 0.5) is 0 Å². The Morgan fingerprint density at radius 1 is 1.29 bits per heavy atom. The molecule has 2 rings (SSSR count). The summed E-state index contributed by atoms with van der Waals surface area (Å²) in [7, 11) is 0. The number of carbonyl (C=O) groups excluding carboxylic acids is 1. The van der Waals surface area contributed by atoms with E-state index in [4.69, 9.17) is 0 Å². The van der Waals surface area contributed by atoms with E-state index >= 15 is 0 Å². The molecule has 1 atom stereocenters. The van der Waals surface area contributed by atoms with Gasteiger partial charge < -0.3 is 10.6 Å². The quantitative estimate of drug-likeness (QED) is 0.735. The van der Waals surface area contributed by atoms with Crippen molar-refractivity contribution in [1.82, 2.24) is 10.6 Å². The molecule has 0 bridgehead atoms. The molecule has 3 nitrogen and oxygen atoms in total. The zero-order valence-electron chi connectivity index (χ0n) is 10.3. The third-order valence-corrected chi connectivity index (χ3v) is 3.12. The van der Waals surface area contributed by atoms with E-state index in [1.165, 1.54) is 18.4 Å². The van der Waals surface area contributed by atoms with Crippen LogP contribution in [0, 0.1) is 5.92 Å². The van der Waals surface area contributed by atoms with E-state index in [1.807, 2.05) is 6.07 Å². The average molecular weight is 232 g/mol. The Labute approximate surface area is 103 Å². The van der Waals surface area contributed by atoms with Crippen LogP contribution in [0.15, 0.2) is 30.3 Å². The summed E-state index contributed by atoms with van der Waals surface area (Å²) in [6.07, 6.45) is 2.62. The molecule has 1 saturated carbocycles. The molecule has 0 aromatic heterocycles. The summed E-state index contributed by atoms with van der Waals surface area (Å²) in [6.45, 7) is 3.08. The first-order valence-corrected chi connectivity index (χ1v) is 6.30. The van der Waals surface area contributed by atoms with Crippen LogP contribution in [0.5, 0.6) is 0 Å². The molecular formula is C14H20N2O. The summed E-state index contributed by atoms with van der Waals surface area (Å²) in [5.41, 5.74) is 1.36. The molecule has 0 heterocycles. The van der Waals surface area contributed by atoms with Crippen molar-refractivity contribution in [2.45, 2.75) is 25.8 Å². The Bertz CT molecular complexity index is 360. The molecule has 0 spiro atoms. The third kappa shape index (κ3) is 3.86. The standard InChI is InChI=1S/C14H20N2O/c1-11(17)15-9-10-16-14(13-7-8-13)12-5-3-2-4-6-12/h2-6,13-14,16H,7-10H2,1H3,(H,15,17). The molecule has 1 aromatic carbocycles. The summed E-state index contributed by atoms with van der Waals surface area (Å²) in [6, 6.07) is 11.0. The molecule has 17 heavy (non-hydrogen) atoms. The van der Waals surface area contributed by atoms with Crippen LogP contribution >= 0.6 is 0 Å². The lowest BCUT2D eigenvalue weighted by Gasteiger charge is -2.18. The van der Waals surface area contributed by atoms with Gasteiger partial charge in [-0.3, -0.25) is 4.79 Å². The van der Waals surface area contributed by atoms with Gasteiger partial charge in [-0.1, -0.05) is 30.3 Å². The fourth-order valence-electron chi connectivity index (χ4n) is 2.11. The highest BCUT2D eigenvalue weighted by Gasteiger charge is 2.31. The van der Waals surface area contributed by atoms with Crippen molar-refractivity contribution in [3.8, 4) is 0 Å². The van der Waals surface area contributed by atoms with Crippen LogP contribution in [-0.2, 0) is 4.79 Å². The van der Waals surface area contributed by atoms with Crippen molar-refractivity contribution in [3.63, 3.8) is 0 Å². The molecule has 3 heteroatoms. The van der Waals surface area contributed by atoms with Gasteiger partial charge in [0.15, 0.2) is 0 Å². The maximum absolute atomic E-state index is 10.8. The zero-order valence-corrected chi connectivity index (χ0v) is 10.3. The van der Waals surface area contributed by atoms with Gasteiger partial charge in [-0.25, -0.2) is 0 Å². The first kappa shape index (κ1) is 12.1. The van der Waals surface area contributed by atoms with Crippen LogP contribution in [0.25, 0.3) is 0 Å². The van der Waals surface area contributed by atoms with Crippen molar-refractivity contribution < 1.29 is 4.79 Å². The van der Waals surface area contributed by atoms with E-state index in [2.05, 4.69) is 34.9 Å². The maximum atomic E-state index is 10.8. The fraction of sp³-hybridized carbons (Fsp3) is 0.500. The number of nitrogens with one attached hydrogen (secondary N) is 2. The monoisotopic (exact) mass is 232 g/mol. The van der Waals surface area contributed by atoms with Gasteiger partial charge in [0, 0.05) is 26.1 Å². The van der Waals surface area contributed by atoms with E-state index in [-0.39, 0.29) is 5.91 Å². The van der Waals surface area contributed by atoms with Gasteiger partial charge in [0.05, 0.1) is 0 Å². The molecular weight excluding hydrogens is 212 g/mol. The lowest BCUT2D eigenvalue weighted by molar-refractivity contribution is -0.118. The lowest BCUT2D eigenvalue weighted by Crippen LogP contribution is -2.33. The highest BCUT2D eigenvalue weighted by atomic mass is 16.1. The van der Waals surface area contributed by atoms with Crippen molar-refractivity contribution in [2.75, 3.05) is 13.1 Å². The number of rotatable bonds is 6. The molecule has 0 aliphatic heterocycles. The van der Waals surface area contributed by atoms with E-state index < -0.39 is 0 Å². The minimum absolute atomic E-state index is 0.0366. The predicted molar refractivity (Wildman–Crippen MR) is 68.6 cm³/mol. The van der Waals surface area contributed by atoms with Crippen LogP contribution in [-0.4, -0.2) is 19.0 Å². The molecule has 0 saturated heterocycles. The highest BCUT2D eigenvalue weighted by Crippen LogP contribution is 2.40. The zero-order chi connectivity index (χ0) is 12.1. The highest BCUT2D eigenvalue weighted by molar-refractivity contribution is 5.72. The number of benzene rings is 1. The Morgan fingerprint density at radius 3 is 2.59 bits per heavy atom. The van der Waals surface area contributed by atoms with Gasteiger partial charge in [0.2, 0.25) is 5.91 Å². The van der Waals surface area contributed by atoms with Gasteiger partial charge in [0.25, 0.3) is 0 Å². The summed E-state index contributed by atoms with van der Waals surface area (Å²) >= 11 is 0. The second kappa shape index (κ2) is 5.82. The van der Waals surface area contributed by atoms with E-state index in [0.717, 1.165) is 12.5 Å². The Balaban J connectivity index is 1.84. The van der Waals surface area contributed by atoms with Crippen molar-refractivity contribution in [3.05, 3.63) is 35.9 Å². The van der Waals surface area contributed by atoms with Crippen molar-refractivity contribution in [1.29, 1.82) is 0 Å². The van der Waals surface area contributed by atoms with Gasteiger partial charge in [-0.15, -0.1) is 0 Å². The molecule has 1 aliphatic carbocycles. The number of amides is 1. The van der Waals surface area contributed by atoms with Crippen molar-refractivity contribution in [2.24, 2.45) is 5.92 Å². The number of hydrogen-bond donors (Lipinski definition) is 2. The van der Waals surface area contributed by atoms with Gasteiger partial charge >= 0.3 is 0 Å². The topological polar surface area (TPSA) is 41.1 Å². The number of hydrogen-bond acceptors (Lipinski definition) is 2. The first-order valence-electron chi connectivity index (χ1n) is 6.30. The van der Waals surface area contributed by atoms with Gasteiger partial charge in [0.1, 0.15) is 0 Å². The summed E-state index contributed by atoms with van der Waals surface area (Å²) < 4.78 is 0. The van der Waals surface area contributed by atoms with Crippen LogP contribution in [0.1, 0.15) is 31.4 Å². The first-order chi connectivity index (χ1) is 8.27. The lowest BCUT2D eigenvalue weighted by atomic mass is 10.0. The molecule has 1 aromatic rings. The minimum Gasteiger partial charge on any atom is -0.355 e. The second-order valence-electron chi connectivity index (χ2n) is 4.66. The van der Waals surface area contributed by atoms with E-state index in [0.29, 0.717) is 12.6 Å². The smallest absolute Gasteiger partial charge is 0.216 e. The second-order valence-corrected chi connectivity index (χ2v) is 4.66. The summed E-state index contributed by atoms with van der Waals surface area (Å²) in [5, 5.41) is 6.35. The largest absolute Gasteiger partial charge is 0.355 e. The maximum Gasteiger partial charge on any atom is 0.216 e. The SMILES string of the molecule is CC(=O)NCCNC(c1ccccc1)C1CC1. The average Bonchev–Trinajstić information content (AvgIpc) is 3.14. The number of carbonyl (C=O) groups is 1. The van der Waals surface area contributed by atoms with Crippen LogP contribution in [0.3, 0.4) is 0 Å². The van der Waals surface area contributed by atoms with E-state index in [9.17, 15) is 4.79 Å². The van der Waals surface area contributed by atoms with Crippen LogP contribution < -0.4 is 10.6 Å². The van der Waals surface area contributed by atoms with E-state index in [1.54, 1.807) is 6.92 Å². The molecule has 1 amide bonds. The fourth-order valence-corrected chi connectivity index (χ4v) is 2.11. The molecule has 1 aliphatic rings. The van der Waals surface area contributed by atoms with Gasteiger partial charge in [-0.05, 0) is 24.3 Å².